The highest BCUT2D eigenvalue weighted by Gasteiger charge is 2.28. The van der Waals surface area contributed by atoms with Crippen LogP contribution in [0.3, 0.4) is 0 Å². The first kappa shape index (κ1) is 24.4. The minimum absolute atomic E-state index is 0.0353. The van der Waals surface area contributed by atoms with Gasteiger partial charge in [0.1, 0.15) is 6.54 Å². The molecular weight excluding hydrogens is 464 g/mol. The maximum atomic E-state index is 13.6. The lowest BCUT2D eigenvalue weighted by Gasteiger charge is -2.24. The third-order valence-corrected chi connectivity index (χ3v) is 7.18. The lowest BCUT2D eigenvalue weighted by atomic mass is 10.2. The van der Waals surface area contributed by atoms with Crippen LogP contribution in [-0.2, 0) is 14.8 Å². The number of nitrogens with one attached hydrogen (secondary N) is 1. The summed E-state index contributed by atoms with van der Waals surface area (Å²) >= 11 is 6.14. The van der Waals surface area contributed by atoms with E-state index in [-0.39, 0.29) is 10.6 Å². The summed E-state index contributed by atoms with van der Waals surface area (Å²) in [5.41, 5.74) is 2.66. The quantitative estimate of drug-likeness (QED) is 0.492. The number of amides is 1. The van der Waals surface area contributed by atoms with Crippen LogP contribution in [0.1, 0.15) is 11.1 Å². The van der Waals surface area contributed by atoms with Crippen LogP contribution >= 0.6 is 11.6 Å². The molecule has 9 heteroatoms. The number of ether oxygens (including phenoxy) is 2. The molecule has 33 heavy (non-hydrogen) atoms. The molecular formula is C24H25ClN2O5S. The summed E-state index contributed by atoms with van der Waals surface area (Å²) in [6, 6.07) is 16.3. The van der Waals surface area contributed by atoms with Crippen molar-refractivity contribution in [2.45, 2.75) is 18.7 Å². The number of benzene rings is 3. The second kappa shape index (κ2) is 10.1. The summed E-state index contributed by atoms with van der Waals surface area (Å²) in [6.45, 7) is 3.30. The van der Waals surface area contributed by atoms with E-state index < -0.39 is 22.5 Å². The molecule has 0 heterocycles. The molecule has 0 unspecified atom stereocenters. The molecule has 0 fully saturated rings. The van der Waals surface area contributed by atoms with Crippen LogP contribution in [0.15, 0.2) is 65.6 Å². The maximum absolute atomic E-state index is 13.6. The van der Waals surface area contributed by atoms with Gasteiger partial charge in [-0.3, -0.25) is 9.10 Å². The predicted octanol–water partition coefficient (Wildman–Crippen LogP) is 4.81. The van der Waals surface area contributed by atoms with E-state index >= 15 is 0 Å². The number of hydrogen-bond acceptors (Lipinski definition) is 5. The third kappa shape index (κ3) is 5.58. The monoisotopic (exact) mass is 488 g/mol. The van der Waals surface area contributed by atoms with Gasteiger partial charge in [0.05, 0.1) is 24.8 Å². The first-order valence-corrected chi connectivity index (χ1v) is 11.8. The molecule has 3 aromatic rings. The van der Waals surface area contributed by atoms with Crippen molar-refractivity contribution in [1.82, 2.24) is 0 Å². The second-order valence-corrected chi connectivity index (χ2v) is 9.65. The topological polar surface area (TPSA) is 84.9 Å². The molecule has 0 atom stereocenters. The number of anilines is 2. The fourth-order valence-electron chi connectivity index (χ4n) is 3.13. The Labute approximate surface area is 198 Å². The van der Waals surface area contributed by atoms with E-state index in [1.165, 1.54) is 32.4 Å². The molecule has 0 bridgehead atoms. The number of aryl methyl sites for hydroxylation is 2. The Kier molecular flexibility index (Phi) is 7.50. The van der Waals surface area contributed by atoms with E-state index in [0.717, 1.165) is 15.4 Å². The highest BCUT2D eigenvalue weighted by Crippen LogP contribution is 2.32. The van der Waals surface area contributed by atoms with Gasteiger partial charge < -0.3 is 14.8 Å². The average Bonchev–Trinajstić information content (AvgIpc) is 2.80. The summed E-state index contributed by atoms with van der Waals surface area (Å²) in [4.78, 5) is 12.8. The fraction of sp³-hybridized carbons (Fsp3) is 0.208. The smallest absolute Gasteiger partial charge is 0.264 e. The number of hydrogen-bond donors (Lipinski definition) is 1. The number of rotatable bonds is 8. The summed E-state index contributed by atoms with van der Waals surface area (Å²) < 4.78 is 38.7. The fourth-order valence-corrected chi connectivity index (χ4v) is 4.75. The lowest BCUT2D eigenvalue weighted by Crippen LogP contribution is -2.38. The van der Waals surface area contributed by atoms with Crippen molar-refractivity contribution >= 4 is 38.9 Å². The van der Waals surface area contributed by atoms with E-state index in [9.17, 15) is 13.2 Å². The van der Waals surface area contributed by atoms with Gasteiger partial charge in [0.2, 0.25) is 5.91 Å². The van der Waals surface area contributed by atoms with Gasteiger partial charge in [-0.25, -0.2) is 8.42 Å². The molecule has 1 amide bonds. The van der Waals surface area contributed by atoms with Gasteiger partial charge in [-0.1, -0.05) is 35.4 Å². The van der Waals surface area contributed by atoms with Crippen LogP contribution in [-0.4, -0.2) is 35.1 Å². The van der Waals surface area contributed by atoms with Crippen molar-refractivity contribution in [2.75, 3.05) is 30.4 Å². The van der Waals surface area contributed by atoms with Crippen LogP contribution in [0.5, 0.6) is 11.5 Å². The molecule has 3 rings (SSSR count). The number of halogens is 1. The van der Waals surface area contributed by atoms with Crippen LogP contribution in [0, 0.1) is 13.8 Å². The largest absolute Gasteiger partial charge is 0.493 e. The Morgan fingerprint density at radius 1 is 0.939 bits per heavy atom. The van der Waals surface area contributed by atoms with Crippen molar-refractivity contribution in [1.29, 1.82) is 0 Å². The molecule has 0 aromatic heterocycles. The Bertz CT molecular complexity index is 1260. The molecule has 174 valence electrons. The zero-order valence-corrected chi connectivity index (χ0v) is 20.3. The van der Waals surface area contributed by atoms with Crippen LogP contribution < -0.4 is 19.1 Å². The van der Waals surface area contributed by atoms with E-state index in [1.54, 1.807) is 42.5 Å². The van der Waals surface area contributed by atoms with E-state index in [1.807, 2.05) is 13.8 Å². The highest BCUT2D eigenvalue weighted by atomic mass is 35.5. The molecule has 1 N–H and O–H groups in total. The summed E-state index contributed by atoms with van der Waals surface area (Å²) in [5, 5.41) is 3.21. The molecule has 0 saturated carbocycles. The lowest BCUT2D eigenvalue weighted by molar-refractivity contribution is -0.114. The maximum Gasteiger partial charge on any atom is 0.264 e. The van der Waals surface area contributed by atoms with Gasteiger partial charge >= 0.3 is 0 Å². The SMILES string of the molecule is COc1ccc(S(=O)(=O)N(CC(=O)Nc2ccc(C)c(Cl)c2)c2ccc(C)cc2)cc1OC. The summed E-state index contributed by atoms with van der Waals surface area (Å²) in [6.07, 6.45) is 0. The van der Waals surface area contributed by atoms with E-state index in [4.69, 9.17) is 21.1 Å². The van der Waals surface area contributed by atoms with Gasteiger partial charge in [-0.05, 0) is 55.8 Å². The van der Waals surface area contributed by atoms with E-state index in [2.05, 4.69) is 5.32 Å². The Morgan fingerprint density at radius 3 is 2.21 bits per heavy atom. The van der Waals surface area contributed by atoms with Gasteiger partial charge in [0.25, 0.3) is 10.0 Å². The molecule has 0 radical (unpaired) electrons. The van der Waals surface area contributed by atoms with Crippen LogP contribution in [0.25, 0.3) is 0 Å². The predicted molar refractivity (Wildman–Crippen MR) is 130 cm³/mol. The first-order valence-electron chi connectivity index (χ1n) is 10.0. The Hall–Kier alpha value is -3.23. The summed E-state index contributed by atoms with van der Waals surface area (Å²) in [5.74, 6) is 0.146. The zero-order chi connectivity index (χ0) is 24.2. The normalized spacial score (nSPS) is 11.1. The van der Waals surface area contributed by atoms with Gasteiger partial charge in [-0.2, -0.15) is 0 Å². The molecule has 0 aliphatic rings. The van der Waals surface area contributed by atoms with Crippen LogP contribution in [0.4, 0.5) is 11.4 Å². The Balaban J connectivity index is 1.98. The van der Waals surface area contributed by atoms with E-state index in [0.29, 0.717) is 22.1 Å². The van der Waals surface area contributed by atoms with Crippen molar-refractivity contribution in [3.05, 3.63) is 76.8 Å². The van der Waals surface area contributed by atoms with Crippen LogP contribution in [0.2, 0.25) is 5.02 Å². The Morgan fingerprint density at radius 2 is 1.61 bits per heavy atom. The minimum atomic E-state index is -4.12. The number of carbonyl (C=O) groups is 1. The first-order chi connectivity index (χ1) is 15.6. The number of sulfonamides is 1. The molecule has 0 saturated heterocycles. The molecule has 0 aliphatic carbocycles. The highest BCUT2D eigenvalue weighted by molar-refractivity contribution is 7.92. The van der Waals surface area contributed by atoms with Gasteiger partial charge in [-0.15, -0.1) is 0 Å². The molecule has 3 aromatic carbocycles. The molecule has 0 aliphatic heterocycles. The van der Waals surface area contributed by atoms with Crippen molar-refractivity contribution < 1.29 is 22.7 Å². The minimum Gasteiger partial charge on any atom is -0.493 e. The number of methoxy groups -OCH3 is 2. The second-order valence-electron chi connectivity index (χ2n) is 7.38. The number of nitrogens with zero attached hydrogens (tertiary/aromatic N) is 1. The molecule has 0 spiro atoms. The van der Waals surface area contributed by atoms with Gasteiger partial charge in [0.15, 0.2) is 11.5 Å². The number of carbonyl (C=O) groups excluding carboxylic acids is 1. The molecule has 7 nitrogen and oxygen atoms in total. The summed E-state index contributed by atoms with van der Waals surface area (Å²) in [7, 11) is -1.23. The standard InChI is InChI=1S/C24H25ClN2O5S/c1-16-5-9-19(10-6-16)27(15-24(28)26-18-8-7-17(2)21(25)13-18)33(29,30)20-11-12-22(31-3)23(14-20)32-4/h5-14H,15H2,1-4H3,(H,26,28). The van der Waals surface area contributed by atoms with Crippen molar-refractivity contribution in [2.24, 2.45) is 0 Å². The van der Waals surface area contributed by atoms with Crippen molar-refractivity contribution in [3.63, 3.8) is 0 Å². The van der Waals surface area contributed by atoms with Crippen molar-refractivity contribution in [3.8, 4) is 11.5 Å². The third-order valence-electron chi connectivity index (χ3n) is 5.01. The zero-order valence-electron chi connectivity index (χ0n) is 18.8. The average molecular weight is 489 g/mol. The van der Waals surface area contributed by atoms with Gasteiger partial charge in [0, 0.05) is 16.8 Å².